The zero-order valence-electron chi connectivity index (χ0n) is 13.0. The van der Waals surface area contributed by atoms with Crippen molar-refractivity contribution in [1.29, 1.82) is 0 Å². The van der Waals surface area contributed by atoms with Crippen LogP contribution in [-0.2, 0) is 11.2 Å². The smallest absolute Gasteiger partial charge is 0.0589 e. The first kappa shape index (κ1) is 15.5. The molecule has 0 amide bonds. The molecule has 1 fully saturated rings. The van der Waals surface area contributed by atoms with Crippen LogP contribution in [0, 0.1) is 0 Å². The maximum Gasteiger partial charge on any atom is 0.0589 e. The van der Waals surface area contributed by atoms with Gasteiger partial charge in [0.05, 0.1) is 6.10 Å². The Balaban J connectivity index is 1.69. The third-order valence-corrected chi connectivity index (χ3v) is 4.21. The normalized spacial score (nSPS) is 24.5. The van der Waals surface area contributed by atoms with Crippen LogP contribution in [0.5, 0.6) is 0 Å². The molecule has 1 aliphatic heterocycles. The van der Waals surface area contributed by atoms with Gasteiger partial charge in [-0.2, -0.15) is 0 Å². The molecule has 2 nitrogen and oxygen atoms in total. The molecule has 2 heteroatoms. The summed E-state index contributed by atoms with van der Waals surface area (Å²) in [4.78, 5) is 0. The summed E-state index contributed by atoms with van der Waals surface area (Å²) in [7, 11) is 0. The number of rotatable bonds is 7. The van der Waals surface area contributed by atoms with Gasteiger partial charge < -0.3 is 10.1 Å². The van der Waals surface area contributed by atoms with Crippen LogP contribution in [0.15, 0.2) is 30.3 Å². The van der Waals surface area contributed by atoms with Crippen LogP contribution in [0.25, 0.3) is 0 Å². The molecular weight excluding hydrogens is 246 g/mol. The Hall–Kier alpha value is -0.860. The minimum Gasteiger partial charge on any atom is -0.378 e. The summed E-state index contributed by atoms with van der Waals surface area (Å²) in [6.07, 6.45) is 7.63. The highest BCUT2D eigenvalue weighted by Crippen LogP contribution is 2.18. The van der Waals surface area contributed by atoms with Crippen molar-refractivity contribution in [3.8, 4) is 0 Å². The highest BCUT2D eigenvalue weighted by Gasteiger charge is 2.22. The Bertz CT molecular complexity index is 363. The molecule has 0 aliphatic carbocycles. The van der Waals surface area contributed by atoms with Crippen LogP contribution in [0.1, 0.15) is 51.5 Å². The summed E-state index contributed by atoms with van der Waals surface area (Å²) in [6.45, 7) is 5.48. The average molecular weight is 275 g/mol. The summed E-state index contributed by atoms with van der Waals surface area (Å²) in [5.74, 6) is 0. The zero-order chi connectivity index (χ0) is 14.2. The zero-order valence-corrected chi connectivity index (χ0v) is 13.0. The van der Waals surface area contributed by atoms with Crippen molar-refractivity contribution in [2.24, 2.45) is 0 Å². The summed E-state index contributed by atoms with van der Waals surface area (Å²) < 4.78 is 5.82. The molecule has 0 saturated carbocycles. The first-order valence-corrected chi connectivity index (χ1v) is 8.19. The molecule has 1 N–H and O–H groups in total. The van der Waals surface area contributed by atoms with Crippen LogP contribution in [0.4, 0.5) is 0 Å². The molecule has 1 aromatic rings. The molecule has 2 rings (SSSR count). The van der Waals surface area contributed by atoms with E-state index in [4.69, 9.17) is 4.74 Å². The highest BCUT2D eigenvalue weighted by atomic mass is 16.5. The Morgan fingerprint density at radius 2 is 2.10 bits per heavy atom. The number of benzene rings is 1. The number of ether oxygens (including phenoxy) is 1. The van der Waals surface area contributed by atoms with E-state index in [9.17, 15) is 0 Å². The molecule has 20 heavy (non-hydrogen) atoms. The van der Waals surface area contributed by atoms with Gasteiger partial charge in [-0.1, -0.05) is 43.7 Å². The predicted molar refractivity (Wildman–Crippen MR) is 85.0 cm³/mol. The van der Waals surface area contributed by atoms with Gasteiger partial charge in [-0.15, -0.1) is 0 Å². The number of nitrogens with one attached hydrogen (secondary N) is 1. The molecule has 0 aromatic heterocycles. The molecule has 0 radical (unpaired) electrons. The number of hydrogen-bond donors (Lipinski definition) is 1. The molecule has 112 valence electrons. The molecule has 1 aliphatic rings. The van der Waals surface area contributed by atoms with Crippen molar-refractivity contribution in [3.63, 3.8) is 0 Å². The summed E-state index contributed by atoms with van der Waals surface area (Å²) in [5, 5.41) is 3.80. The van der Waals surface area contributed by atoms with Crippen molar-refractivity contribution in [2.45, 2.75) is 70.6 Å². The van der Waals surface area contributed by atoms with Crippen molar-refractivity contribution in [3.05, 3.63) is 35.9 Å². The van der Waals surface area contributed by atoms with E-state index >= 15 is 0 Å². The molecule has 0 bridgehead atoms. The Morgan fingerprint density at radius 1 is 1.30 bits per heavy atom. The van der Waals surface area contributed by atoms with E-state index in [0.29, 0.717) is 18.2 Å². The highest BCUT2D eigenvalue weighted by molar-refractivity contribution is 5.14. The van der Waals surface area contributed by atoms with E-state index in [0.717, 1.165) is 19.4 Å². The van der Waals surface area contributed by atoms with Gasteiger partial charge in [0, 0.05) is 18.7 Å². The molecular formula is C18H29NO. The van der Waals surface area contributed by atoms with Crippen LogP contribution in [0.3, 0.4) is 0 Å². The third-order valence-electron chi connectivity index (χ3n) is 4.21. The second-order valence-electron chi connectivity index (χ2n) is 6.09. The van der Waals surface area contributed by atoms with Gasteiger partial charge >= 0.3 is 0 Å². The van der Waals surface area contributed by atoms with Crippen molar-refractivity contribution in [1.82, 2.24) is 5.32 Å². The topological polar surface area (TPSA) is 21.3 Å². The fourth-order valence-corrected chi connectivity index (χ4v) is 3.07. The standard InChI is InChI=1S/C18H29NO/c1-3-7-18-14-17(12-13-20-18)19-15(2)10-11-16-8-5-4-6-9-16/h4-6,8-9,15,17-19H,3,7,10-14H2,1-2H3. The maximum atomic E-state index is 5.82. The number of aryl methyl sites for hydroxylation is 1. The largest absolute Gasteiger partial charge is 0.378 e. The molecule has 0 spiro atoms. The van der Waals surface area contributed by atoms with Crippen LogP contribution >= 0.6 is 0 Å². The second kappa shape index (κ2) is 8.43. The monoisotopic (exact) mass is 275 g/mol. The van der Waals surface area contributed by atoms with E-state index in [1.165, 1.54) is 31.2 Å². The molecule has 1 aromatic carbocycles. The van der Waals surface area contributed by atoms with Crippen molar-refractivity contribution >= 4 is 0 Å². The van der Waals surface area contributed by atoms with Crippen LogP contribution in [-0.4, -0.2) is 24.8 Å². The Morgan fingerprint density at radius 3 is 2.85 bits per heavy atom. The lowest BCUT2D eigenvalue weighted by atomic mass is 9.98. The lowest BCUT2D eigenvalue weighted by Crippen LogP contribution is -2.43. The maximum absolute atomic E-state index is 5.82. The van der Waals surface area contributed by atoms with E-state index in [1.807, 2.05) is 0 Å². The fourth-order valence-electron chi connectivity index (χ4n) is 3.07. The SMILES string of the molecule is CCCC1CC(NC(C)CCc2ccccc2)CCO1. The minimum absolute atomic E-state index is 0.479. The van der Waals surface area contributed by atoms with Gasteiger partial charge in [-0.25, -0.2) is 0 Å². The lowest BCUT2D eigenvalue weighted by Gasteiger charge is -2.32. The second-order valence-corrected chi connectivity index (χ2v) is 6.09. The van der Waals surface area contributed by atoms with Gasteiger partial charge in [0.15, 0.2) is 0 Å². The minimum atomic E-state index is 0.479. The summed E-state index contributed by atoms with van der Waals surface area (Å²) in [5.41, 5.74) is 1.44. The Kier molecular flexibility index (Phi) is 6.55. The van der Waals surface area contributed by atoms with Gasteiger partial charge in [-0.05, 0) is 44.6 Å². The van der Waals surface area contributed by atoms with Crippen LogP contribution < -0.4 is 5.32 Å². The summed E-state index contributed by atoms with van der Waals surface area (Å²) >= 11 is 0. The van der Waals surface area contributed by atoms with Gasteiger partial charge in [0.25, 0.3) is 0 Å². The van der Waals surface area contributed by atoms with E-state index in [2.05, 4.69) is 49.5 Å². The van der Waals surface area contributed by atoms with E-state index < -0.39 is 0 Å². The van der Waals surface area contributed by atoms with Crippen molar-refractivity contribution < 1.29 is 4.74 Å². The van der Waals surface area contributed by atoms with E-state index in [1.54, 1.807) is 0 Å². The van der Waals surface area contributed by atoms with Gasteiger partial charge in [-0.3, -0.25) is 0 Å². The fraction of sp³-hybridized carbons (Fsp3) is 0.667. The predicted octanol–water partition coefficient (Wildman–Crippen LogP) is 3.95. The lowest BCUT2D eigenvalue weighted by molar-refractivity contribution is -0.00480. The molecule has 3 atom stereocenters. The average Bonchev–Trinajstić information content (AvgIpc) is 2.47. The number of hydrogen-bond acceptors (Lipinski definition) is 2. The summed E-state index contributed by atoms with van der Waals surface area (Å²) in [6, 6.07) is 12.0. The van der Waals surface area contributed by atoms with Crippen molar-refractivity contribution in [2.75, 3.05) is 6.61 Å². The molecule has 3 unspecified atom stereocenters. The van der Waals surface area contributed by atoms with E-state index in [-0.39, 0.29) is 0 Å². The quantitative estimate of drug-likeness (QED) is 0.813. The third kappa shape index (κ3) is 5.26. The molecule has 1 heterocycles. The van der Waals surface area contributed by atoms with Gasteiger partial charge in [0.1, 0.15) is 0 Å². The Labute approximate surface area is 123 Å². The first-order valence-electron chi connectivity index (χ1n) is 8.19. The first-order chi connectivity index (χ1) is 9.78. The van der Waals surface area contributed by atoms with Crippen LogP contribution in [0.2, 0.25) is 0 Å². The van der Waals surface area contributed by atoms with Gasteiger partial charge in [0.2, 0.25) is 0 Å². The molecule has 1 saturated heterocycles.